The van der Waals surface area contributed by atoms with Gasteiger partial charge in [0.05, 0.1) is 6.20 Å². The van der Waals surface area contributed by atoms with Crippen LogP contribution in [0.25, 0.3) is 0 Å². The zero-order valence-electron chi connectivity index (χ0n) is 13.9. The van der Waals surface area contributed by atoms with E-state index >= 15 is 0 Å². The maximum Gasteiger partial charge on any atom is 0.253 e. The summed E-state index contributed by atoms with van der Waals surface area (Å²) in [6.07, 6.45) is 6.53. The summed E-state index contributed by atoms with van der Waals surface area (Å²) < 4.78 is 5.71. The maximum absolute atomic E-state index is 12.7. The van der Waals surface area contributed by atoms with Crippen molar-refractivity contribution in [3.8, 4) is 11.5 Å². The second kappa shape index (κ2) is 7.93. The molecule has 1 N–H and O–H groups in total. The van der Waals surface area contributed by atoms with E-state index in [0.29, 0.717) is 23.1 Å². The molecule has 126 valence electrons. The highest BCUT2D eigenvalue weighted by atomic mass is 16.5. The molecule has 3 rings (SSSR count). The quantitative estimate of drug-likeness (QED) is 0.938. The summed E-state index contributed by atoms with van der Waals surface area (Å²) in [5.41, 5.74) is 0.688. The molecule has 1 saturated heterocycles. The Hall–Kier alpha value is -2.40. The van der Waals surface area contributed by atoms with Gasteiger partial charge in [-0.3, -0.25) is 9.78 Å². The van der Waals surface area contributed by atoms with Crippen LogP contribution in [0.3, 0.4) is 0 Å². The lowest BCUT2D eigenvalue weighted by Gasteiger charge is -2.27. The molecule has 1 amide bonds. The Morgan fingerprint density at radius 3 is 2.75 bits per heavy atom. The van der Waals surface area contributed by atoms with Crippen molar-refractivity contribution in [2.75, 3.05) is 20.1 Å². The van der Waals surface area contributed by atoms with Gasteiger partial charge in [-0.25, -0.2) is 0 Å². The van der Waals surface area contributed by atoms with Crippen LogP contribution in [0.1, 0.15) is 29.6 Å². The summed E-state index contributed by atoms with van der Waals surface area (Å²) in [4.78, 5) is 18.6. The van der Waals surface area contributed by atoms with Gasteiger partial charge in [-0.1, -0.05) is 0 Å². The third kappa shape index (κ3) is 4.11. The molecule has 1 fully saturated rings. The molecule has 0 aliphatic carbocycles. The normalized spacial score (nSPS) is 17.8. The Morgan fingerprint density at radius 1 is 1.17 bits per heavy atom. The van der Waals surface area contributed by atoms with Gasteiger partial charge in [0.2, 0.25) is 0 Å². The van der Waals surface area contributed by atoms with E-state index in [0.717, 1.165) is 32.4 Å². The molecule has 0 saturated carbocycles. The fourth-order valence-electron chi connectivity index (χ4n) is 2.97. The molecule has 1 aliphatic rings. The lowest BCUT2D eigenvalue weighted by atomic mass is 10.1. The molecule has 5 nitrogen and oxygen atoms in total. The third-order valence-corrected chi connectivity index (χ3v) is 4.38. The molecule has 0 bridgehead atoms. The van der Waals surface area contributed by atoms with Crippen LogP contribution in [-0.4, -0.2) is 42.0 Å². The topological polar surface area (TPSA) is 54.5 Å². The Kier molecular flexibility index (Phi) is 5.43. The predicted octanol–water partition coefficient (Wildman–Crippen LogP) is 3.09. The number of benzene rings is 1. The van der Waals surface area contributed by atoms with Gasteiger partial charge in [-0.05, 0) is 68.8 Å². The molecule has 2 heterocycles. The molecule has 1 aliphatic heterocycles. The Balaban J connectivity index is 1.64. The first-order chi connectivity index (χ1) is 11.7. The van der Waals surface area contributed by atoms with Crippen LogP contribution in [0, 0.1) is 0 Å². The summed E-state index contributed by atoms with van der Waals surface area (Å²) in [5, 5.41) is 3.38. The van der Waals surface area contributed by atoms with Crippen molar-refractivity contribution in [2.45, 2.75) is 25.3 Å². The van der Waals surface area contributed by atoms with Crippen LogP contribution >= 0.6 is 0 Å². The van der Waals surface area contributed by atoms with Gasteiger partial charge < -0.3 is 15.0 Å². The number of nitrogens with zero attached hydrogens (tertiary/aromatic N) is 2. The second-order valence-electron chi connectivity index (χ2n) is 6.07. The zero-order chi connectivity index (χ0) is 16.8. The highest BCUT2D eigenvalue weighted by Crippen LogP contribution is 2.22. The van der Waals surface area contributed by atoms with E-state index < -0.39 is 0 Å². The molecular weight excluding hydrogens is 302 g/mol. The number of hydrogen-bond acceptors (Lipinski definition) is 4. The van der Waals surface area contributed by atoms with Crippen molar-refractivity contribution in [3.05, 3.63) is 54.4 Å². The minimum atomic E-state index is 0.0647. The summed E-state index contributed by atoms with van der Waals surface area (Å²) in [5.74, 6) is 1.44. The highest BCUT2D eigenvalue weighted by molar-refractivity contribution is 5.94. The van der Waals surface area contributed by atoms with E-state index in [1.165, 1.54) is 0 Å². The van der Waals surface area contributed by atoms with Crippen molar-refractivity contribution >= 4 is 5.91 Å². The minimum absolute atomic E-state index is 0.0647. The monoisotopic (exact) mass is 325 g/mol. The van der Waals surface area contributed by atoms with Crippen LogP contribution < -0.4 is 10.1 Å². The molecule has 1 aromatic heterocycles. The van der Waals surface area contributed by atoms with Crippen molar-refractivity contribution in [2.24, 2.45) is 0 Å². The van der Waals surface area contributed by atoms with E-state index in [9.17, 15) is 4.79 Å². The molecule has 0 radical (unpaired) electrons. The maximum atomic E-state index is 12.7. The number of nitrogens with one attached hydrogen (secondary N) is 1. The number of rotatable bonds is 4. The SMILES string of the molecule is CN(C(=O)c1ccc(Oc2cccnc2)cc1)C1CCCNCC1. The number of pyridine rings is 1. The van der Waals surface area contributed by atoms with Crippen molar-refractivity contribution < 1.29 is 9.53 Å². The number of amides is 1. The lowest BCUT2D eigenvalue weighted by Crippen LogP contribution is -2.37. The second-order valence-corrected chi connectivity index (χ2v) is 6.07. The highest BCUT2D eigenvalue weighted by Gasteiger charge is 2.22. The number of ether oxygens (including phenoxy) is 1. The molecule has 1 atom stereocenters. The van der Waals surface area contributed by atoms with Gasteiger partial charge in [0.15, 0.2) is 0 Å². The number of hydrogen-bond donors (Lipinski definition) is 1. The average molecular weight is 325 g/mol. The van der Waals surface area contributed by atoms with Crippen LogP contribution in [0.2, 0.25) is 0 Å². The smallest absolute Gasteiger partial charge is 0.253 e. The standard InChI is InChI=1S/C19H23N3O2/c1-22(16-4-2-11-20-13-10-16)19(23)15-6-8-17(9-7-15)24-18-5-3-12-21-14-18/h3,5-9,12,14,16,20H,2,4,10-11,13H2,1H3. The molecule has 0 spiro atoms. The molecule has 1 aromatic carbocycles. The Labute approximate surface area is 142 Å². The summed E-state index contributed by atoms with van der Waals surface area (Å²) >= 11 is 0. The molecule has 24 heavy (non-hydrogen) atoms. The lowest BCUT2D eigenvalue weighted by molar-refractivity contribution is 0.0720. The first-order valence-corrected chi connectivity index (χ1v) is 8.40. The van der Waals surface area contributed by atoms with E-state index in [1.54, 1.807) is 12.4 Å². The van der Waals surface area contributed by atoms with Gasteiger partial charge in [0, 0.05) is 24.8 Å². The average Bonchev–Trinajstić information content (AvgIpc) is 2.91. The summed E-state index contributed by atoms with van der Waals surface area (Å²) in [6.45, 7) is 2.01. The van der Waals surface area contributed by atoms with Gasteiger partial charge in [-0.2, -0.15) is 0 Å². The largest absolute Gasteiger partial charge is 0.456 e. The first kappa shape index (κ1) is 16.5. The van der Waals surface area contributed by atoms with E-state index in [1.807, 2.05) is 48.3 Å². The fraction of sp³-hybridized carbons (Fsp3) is 0.368. The molecule has 5 heteroatoms. The number of aromatic nitrogens is 1. The minimum Gasteiger partial charge on any atom is -0.456 e. The zero-order valence-corrected chi connectivity index (χ0v) is 13.9. The van der Waals surface area contributed by atoms with E-state index in [4.69, 9.17) is 4.74 Å². The van der Waals surface area contributed by atoms with Gasteiger partial charge in [0.25, 0.3) is 5.91 Å². The number of carbonyl (C=O) groups excluding carboxylic acids is 1. The summed E-state index contributed by atoms with van der Waals surface area (Å²) in [7, 11) is 1.90. The first-order valence-electron chi connectivity index (χ1n) is 8.40. The Bertz CT molecular complexity index is 650. The molecule has 1 unspecified atom stereocenters. The van der Waals surface area contributed by atoms with Gasteiger partial charge >= 0.3 is 0 Å². The van der Waals surface area contributed by atoms with Crippen LogP contribution in [0.5, 0.6) is 11.5 Å². The van der Waals surface area contributed by atoms with Crippen LogP contribution in [0.15, 0.2) is 48.8 Å². The fourth-order valence-corrected chi connectivity index (χ4v) is 2.97. The Morgan fingerprint density at radius 2 is 2.00 bits per heavy atom. The van der Waals surface area contributed by atoms with Crippen molar-refractivity contribution in [1.82, 2.24) is 15.2 Å². The van der Waals surface area contributed by atoms with E-state index in [-0.39, 0.29) is 5.91 Å². The van der Waals surface area contributed by atoms with Crippen molar-refractivity contribution in [3.63, 3.8) is 0 Å². The molecule has 2 aromatic rings. The summed E-state index contributed by atoms with van der Waals surface area (Å²) in [6, 6.07) is 11.3. The third-order valence-electron chi connectivity index (χ3n) is 4.38. The molecular formula is C19H23N3O2. The van der Waals surface area contributed by atoms with Crippen molar-refractivity contribution in [1.29, 1.82) is 0 Å². The predicted molar refractivity (Wildman–Crippen MR) is 93.4 cm³/mol. The van der Waals surface area contributed by atoms with Gasteiger partial charge in [0.1, 0.15) is 11.5 Å². The number of carbonyl (C=O) groups is 1. The van der Waals surface area contributed by atoms with Gasteiger partial charge in [-0.15, -0.1) is 0 Å². The van der Waals surface area contributed by atoms with Crippen LogP contribution in [0.4, 0.5) is 0 Å². The van der Waals surface area contributed by atoms with Crippen LogP contribution in [-0.2, 0) is 0 Å². The van der Waals surface area contributed by atoms with E-state index in [2.05, 4.69) is 10.3 Å².